The molecule has 0 N–H and O–H groups in total. The molecule has 1 aliphatic rings. The lowest BCUT2D eigenvalue weighted by Crippen LogP contribution is -1.80. The van der Waals surface area contributed by atoms with Gasteiger partial charge in [0.2, 0.25) is 0 Å². The summed E-state index contributed by atoms with van der Waals surface area (Å²) in [7, 11) is 0. The van der Waals surface area contributed by atoms with E-state index in [9.17, 15) is 5.26 Å². The van der Waals surface area contributed by atoms with Crippen LogP contribution in [0.3, 0.4) is 0 Å². The summed E-state index contributed by atoms with van der Waals surface area (Å²) in [6.45, 7) is 0. The van der Waals surface area contributed by atoms with E-state index in [0.717, 1.165) is 39.4 Å². The molecule has 0 amide bonds. The third-order valence-electron chi connectivity index (χ3n) is 2.92. The Morgan fingerprint density at radius 3 is 3.06 bits per heavy atom. The largest absolute Gasteiger partial charge is 0.449 e. The van der Waals surface area contributed by atoms with E-state index in [1.54, 1.807) is 17.6 Å². The van der Waals surface area contributed by atoms with E-state index >= 15 is 0 Å². The maximum Gasteiger partial charge on any atom is 0.164 e. The Morgan fingerprint density at radius 2 is 2.33 bits per heavy atom. The lowest BCUT2D eigenvalue weighted by atomic mass is 10.1. The second-order valence-corrected chi connectivity index (χ2v) is 6.20. The predicted molar refractivity (Wildman–Crippen MR) is 79.7 cm³/mol. The topological polar surface area (TPSA) is 49.3 Å². The van der Waals surface area contributed by atoms with Gasteiger partial charge in [-0.05, 0) is 59.5 Å². The number of nitrogens with zero attached hydrogens (tertiary/aromatic N) is 2. The zero-order valence-electron chi connectivity index (χ0n) is 9.44. The second kappa shape index (κ2) is 4.86. The molecule has 2 heterocycles. The molecule has 0 saturated carbocycles. The third kappa shape index (κ3) is 2.10. The molecule has 0 spiro atoms. The van der Waals surface area contributed by atoms with Crippen LogP contribution in [0, 0.1) is 15.1 Å². The number of halogens is 1. The molecule has 2 aromatic heterocycles. The van der Waals surface area contributed by atoms with E-state index in [2.05, 4.69) is 33.7 Å². The molecule has 0 bridgehead atoms. The van der Waals surface area contributed by atoms with Gasteiger partial charge >= 0.3 is 0 Å². The standard InChI is InChI=1S/C13H9IN2OS/c14-12-5-4-8(17-12)7-16-13-10(6-15)9-2-1-3-11(9)18-13/h4-5,7H,1-3H2/b16-7+. The number of hydrogen-bond acceptors (Lipinski definition) is 4. The average Bonchev–Trinajstić information content (AvgIpc) is 3.01. The molecular weight excluding hydrogens is 359 g/mol. The Morgan fingerprint density at radius 1 is 1.44 bits per heavy atom. The minimum atomic E-state index is 0.719. The molecule has 5 heteroatoms. The summed E-state index contributed by atoms with van der Waals surface area (Å²) in [4.78, 5) is 5.72. The lowest BCUT2D eigenvalue weighted by molar-refractivity contribution is 0.531. The van der Waals surface area contributed by atoms with Crippen LogP contribution in [0.5, 0.6) is 0 Å². The van der Waals surface area contributed by atoms with Gasteiger partial charge in [0, 0.05) is 4.88 Å². The minimum absolute atomic E-state index is 0.719. The van der Waals surface area contributed by atoms with Gasteiger partial charge in [0.05, 0.1) is 11.8 Å². The highest BCUT2D eigenvalue weighted by atomic mass is 127. The maximum atomic E-state index is 9.23. The molecule has 3 nitrogen and oxygen atoms in total. The van der Waals surface area contributed by atoms with Crippen LogP contribution in [0.1, 0.15) is 28.2 Å². The van der Waals surface area contributed by atoms with Crippen molar-refractivity contribution in [1.82, 2.24) is 0 Å². The van der Waals surface area contributed by atoms with Crippen molar-refractivity contribution in [3.8, 4) is 6.07 Å². The van der Waals surface area contributed by atoms with Gasteiger partial charge in [-0.2, -0.15) is 5.26 Å². The van der Waals surface area contributed by atoms with Crippen molar-refractivity contribution < 1.29 is 4.42 Å². The van der Waals surface area contributed by atoms with Crippen molar-refractivity contribution in [3.05, 3.63) is 37.7 Å². The van der Waals surface area contributed by atoms with Crippen molar-refractivity contribution in [2.75, 3.05) is 0 Å². The molecule has 0 fully saturated rings. The average molecular weight is 368 g/mol. The van der Waals surface area contributed by atoms with Gasteiger partial charge in [0.15, 0.2) is 3.77 Å². The summed E-state index contributed by atoms with van der Waals surface area (Å²) in [6.07, 6.45) is 4.95. The normalized spacial score (nSPS) is 14.0. The summed E-state index contributed by atoms with van der Waals surface area (Å²) in [6, 6.07) is 6.05. The van der Waals surface area contributed by atoms with E-state index in [-0.39, 0.29) is 0 Å². The smallest absolute Gasteiger partial charge is 0.164 e. The maximum absolute atomic E-state index is 9.23. The van der Waals surface area contributed by atoms with Gasteiger partial charge in [0.1, 0.15) is 16.8 Å². The van der Waals surface area contributed by atoms with E-state index in [1.807, 2.05) is 12.1 Å². The fraction of sp³-hybridized carbons (Fsp3) is 0.231. The van der Waals surface area contributed by atoms with Crippen LogP contribution < -0.4 is 0 Å². The number of aryl methyl sites for hydroxylation is 1. The number of nitriles is 1. The molecule has 90 valence electrons. The Labute approximate surface area is 122 Å². The van der Waals surface area contributed by atoms with Crippen LogP contribution in [0.4, 0.5) is 5.00 Å². The van der Waals surface area contributed by atoms with Crippen molar-refractivity contribution in [2.45, 2.75) is 19.3 Å². The van der Waals surface area contributed by atoms with Gasteiger partial charge in [-0.3, -0.25) is 0 Å². The molecule has 0 aliphatic heterocycles. The lowest BCUT2D eigenvalue weighted by Gasteiger charge is -1.91. The number of fused-ring (bicyclic) bond motifs is 1. The molecular formula is C13H9IN2OS. The zero-order chi connectivity index (χ0) is 12.5. The van der Waals surface area contributed by atoms with Gasteiger partial charge in [-0.15, -0.1) is 11.3 Å². The summed E-state index contributed by atoms with van der Waals surface area (Å²) in [5.74, 6) is 0.719. The molecule has 0 atom stereocenters. The first-order chi connectivity index (χ1) is 8.78. The Balaban J connectivity index is 1.94. The van der Waals surface area contributed by atoms with E-state index in [0.29, 0.717) is 0 Å². The summed E-state index contributed by atoms with van der Waals surface area (Å²) < 4.78 is 6.25. The summed E-state index contributed by atoms with van der Waals surface area (Å²) in [5.41, 5.74) is 1.97. The van der Waals surface area contributed by atoms with Crippen molar-refractivity contribution >= 4 is 45.1 Å². The molecule has 1 aliphatic carbocycles. The Kier molecular flexibility index (Phi) is 3.22. The summed E-state index contributed by atoms with van der Waals surface area (Å²) in [5, 5.41) is 10.0. The number of hydrogen-bond donors (Lipinski definition) is 0. The first-order valence-corrected chi connectivity index (χ1v) is 7.51. The molecule has 0 aromatic carbocycles. The zero-order valence-corrected chi connectivity index (χ0v) is 12.4. The quantitative estimate of drug-likeness (QED) is 0.593. The van der Waals surface area contributed by atoms with Crippen LogP contribution in [-0.4, -0.2) is 6.21 Å². The Hall–Kier alpha value is -1.13. The number of aliphatic imine (C=N–C) groups is 1. The predicted octanol–water partition coefficient (Wildman–Crippen LogP) is 4.06. The summed E-state index contributed by atoms with van der Waals surface area (Å²) >= 11 is 3.75. The highest BCUT2D eigenvalue weighted by Crippen LogP contribution is 2.40. The van der Waals surface area contributed by atoms with Crippen LogP contribution in [0.2, 0.25) is 0 Å². The highest BCUT2D eigenvalue weighted by molar-refractivity contribution is 14.1. The van der Waals surface area contributed by atoms with Crippen molar-refractivity contribution in [1.29, 1.82) is 5.26 Å². The molecule has 0 radical (unpaired) electrons. The van der Waals surface area contributed by atoms with Crippen molar-refractivity contribution in [2.24, 2.45) is 4.99 Å². The molecule has 2 aromatic rings. The number of rotatable bonds is 2. The van der Waals surface area contributed by atoms with E-state index in [4.69, 9.17) is 4.42 Å². The van der Waals surface area contributed by atoms with E-state index in [1.165, 1.54) is 10.4 Å². The van der Waals surface area contributed by atoms with Gasteiger partial charge in [-0.25, -0.2) is 4.99 Å². The highest BCUT2D eigenvalue weighted by Gasteiger charge is 2.21. The van der Waals surface area contributed by atoms with Crippen LogP contribution >= 0.6 is 33.9 Å². The fourth-order valence-corrected chi connectivity index (χ4v) is 3.73. The molecule has 0 saturated heterocycles. The third-order valence-corrected chi connectivity index (χ3v) is 4.70. The first-order valence-electron chi connectivity index (χ1n) is 5.62. The Bertz CT molecular complexity index is 663. The van der Waals surface area contributed by atoms with Crippen molar-refractivity contribution in [3.63, 3.8) is 0 Å². The monoisotopic (exact) mass is 368 g/mol. The van der Waals surface area contributed by atoms with Gasteiger partial charge < -0.3 is 4.42 Å². The first kappa shape index (κ1) is 11.9. The molecule has 0 unspecified atom stereocenters. The fourth-order valence-electron chi connectivity index (χ4n) is 2.12. The van der Waals surface area contributed by atoms with Crippen LogP contribution in [0.25, 0.3) is 0 Å². The van der Waals surface area contributed by atoms with Crippen LogP contribution in [-0.2, 0) is 12.8 Å². The molecule has 3 rings (SSSR count). The van der Waals surface area contributed by atoms with Gasteiger partial charge in [-0.1, -0.05) is 0 Å². The number of thiophene rings is 1. The molecule has 18 heavy (non-hydrogen) atoms. The van der Waals surface area contributed by atoms with Gasteiger partial charge in [0.25, 0.3) is 0 Å². The minimum Gasteiger partial charge on any atom is -0.449 e. The number of furan rings is 1. The van der Waals surface area contributed by atoms with Crippen LogP contribution in [0.15, 0.2) is 21.5 Å². The second-order valence-electron chi connectivity index (χ2n) is 4.05. The van der Waals surface area contributed by atoms with E-state index < -0.39 is 0 Å². The SMILES string of the molecule is N#Cc1c(/N=C/c2ccc(I)o2)sc2c1CCC2.